The lowest BCUT2D eigenvalue weighted by atomic mass is 9.42. The Morgan fingerprint density at radius 1 is 1.05 bits per heavy atom. The van der Waals surface area contributed by atoms with Crippen molar-refractivity contribution in [3.63, 3.8) is 0 Å². The minimum absolute atomic E-state index is 0.0147. The third-order valence-electron chi connectivity index (χ3n) is 5.91. The first-order valence-corrected chi connectivity index (χ1v) is 7.44. The van der Waals surface area contributed by atoms with Gasteiger partial charge in [-0.1, -0.05) is 13.8 Å². The molecule has 1 N–H and O–H groups in total. The number of nitrogens with zero attached hydrogens (tertiary/aromatic N) is 1. The van der Waals surface area contributed by atoms with Crippen molar-refractivity contribution in [3.05, 3.63) is 0 Å². The van der Waals surface area contributed by atoms with E-state index in [1.807, 2.05) is 0 Å². The number of carbonyl (C=O) groups is 2. The van der Waals surface area contributed by atoms with E-state index in [1.165, 1.54) is 19.3 Å². The molecule has 4 heteroatoms. The lowest BCUT2D eigenvalue weighted by Gasteiger charge is -2.66. The van der Waals surface area contributed by atoms with E-state index in [9.17, 15) is 9.59 Å². The highest BCUT2D eigenvalue weighted by Crippen LogP contribution is 2.67. The summed E-state index contributed by atoms with van der Waals surface area (Å²) in [4.78, 5) is 25.9. The van der Waals surface area contributed by atoms with E-state index in [0.717, 1.165) is 19.3 Å². The zero-order chi connectivity index (χ0) is 13.5. The van der Waals surface area contributed by atoms with Crippen molar-refractivity contribution < 1.29 is 9.59 Å². The highest BCUT2D eigenvalue weighted by Gasteiger charge is 2.64. The van der Waals surface area contributed by atoms with Gasteiger partial charge in [-0.25, -0.2) is 4.79 Å². The Kier molecular flexibility index (Phi) is 1.95. The van der Waals surface area contributed by atoms with Gasteiger partial charge in [-0.15, -0.1) is 0 Å². The van der Waals surface area contributed by atoms with Crippen LogP contribution in [0.15, 0.2) is 0 Å². The van der Waals surface area contributed by atoms with Gasteiger partial charge in [-0.05, 0) is 55.3 Å². The molecule has 2 atom stereocenters. The van der Waals surface area contributed by atoms with E-state index in [2.05, 4.69) is 19.2 Å². The number of amides is 3. The predicted octanol–water partition coefficient (Wildman–Crippen LogP) is 2.29. The van der Waals surface area contributed by atoms with Crippen LogP contribution < -0.4 is 5.32 Å². The Bertz CT molecular complexity index is 453. The molecule has 2 unspecified atom stereocenters. The van der Waals surface area contributed by atoms with Gasteiger partial charge < -0.3 is 5.32 Å². The van der Waals surface area contributed by atoms with Gasteiger partial charge in [0.05, 0.1) is 12.1 Å². The quantitative estimate of drug-likeness (QED) is 0.737. The summed E-state index contributed by atoms with van der Waals surface area (Å²) < 4.78 is 0. The minimum Gasteiger partial charge on any atom is -0.329 e. The lowest BCUT2D eigenvalue weighted by molar-refractivity contribution is -0.161. The highest BCUT2D eigenvalue weighted by atomic mass is 16.2. The normalized spacial score (nSPS) is 51.9. The third kappa shape index (κ3) is 1.46. The number of carbonyl (C=O) groups excluding carboxylic acids is 2. The van der Waals surface area contributed by atoms with E-state index in [4.69, 9.17) is 0 Å². The van der Waals surface area contributed by atoms with Crippen LogP contribution in [0.3, 0.4) is 0 Å². The summed E-state index contributed by atoms with van der Waals surface area (Å²) in [5.74, 6) is 0.687. The van der Waals surface area contributed by atoms with Crippen molar-refractivity contribution in [1.29, 1.82) is 0 Å². The van der Waals surface area contributed by atoms with E-state index in [-0.39, 0.29) is 24.0 Å². The topological polar surface area (TPSA) is 49.4 Å². The minimum atomic E-state index is -0.180. The second kappa shape index (κ2) is 3.15. The first-order valence-electron chi connectivity index (χ1n) is 7.44. The first-order chi connectivity index (χ1) is 8.83. The molecule has 0 aromatic rings. The maximum Gasteiger partial charge on any atom is 0.325 e. The summed E-state index contributed by atoms with van der Waals surface area (Å²) in [6.07, 6.45) is 6.91. The van der Waals surface area contributed by atoms with Gasteiger partial charge in [0.15, 0.2) is 0 Å². The molecule has 3 amide bonds. The van der Waals surface area contributed by atoms with Crippen LogP contribution in [0.4, 0.5) is 4.79 Å². The average molecular weight is 262 g/mol. The van der Waals surface area contributed by atoms with Gasteiger partial charge in [-0.2, -0.15) is 0 Å². The van der Waals surface area contributed by atoms with Crippen molar-refractivity contribution in [1.82, 2.24) is 10.2 Å². The zero-order valence-electron chi connectivity index (χ0n) is 11.8. The Morgan fingerprint density at radius 3 is 2.16 bits per heavy atom. The molecular formula is C15H22N2O2. The lowest BCUT2D eigenvalue weighted by Crippen LogP contribution is -2.66. The van der Waals surface area contributed by atoms with Gasteiger partial charge in [0, 0.05) is 0 Å². The number of rotatable bonds is 1. The van der Waals surface area contributed by atoms with Crippen molar-refractivity contribution in [2.24, 2.45) is 16.7 Å². The summed E-state index contributed by atoms with van der Waals surface area (Å²) in [5, 5.41) is 2.71. The summed E-state index contributed by atoms with van der Waals surface area (Å²) in [6, 6.07) is -0.154. The molecule has 5 rings (SSSR count). The SMILES string of the molecule is CC12CC3CC(C)(C1)CC(N1C(=O)CNC1=O)(C3)C2. The summed E-state index contributed by atoms with van der Waals surface area (Å²) in [7, 11) is 0. The Hall–Kier alpha value is -1.06. The predicted molar refractivity (Wildman–Crippen MR) is 70.4 cm³/mol. The second-order valence-electron chi connectivity index (χ2n) is 8.24. The highest BCUT2D eigenvalue weighted by molar-refractivity contribution is 6.02. The van der Waals surface area contributed by atoms with Crippen LogP contribution in [0.1, 0.15) is 52.4 Å². The smallest absolute Gasteiger partial charge is 0.325 e. The Balaban J connectivity index is 1.79. The molecule has 4 bridgehead atoms. The number of urea groups is 1. The molecule has 1 aliphatic heterocycles. The molecule has 4 nitrogen and oxygen atoms in total. The number of nitrogens with one attached hydrogen (secondary N) is 1. The van der Waals surface area contributed by atoms with Crippen molar-refractivity contribution >= 4 is 11.9 Å². The molecule has 0 aromatic heterocycles. The molecule has 0 spiro atoms. The van der Waals surface area contributed by atoms with E-state index in [0.29, 0.717) is 16.7 Å². The molecule has 5 fully saturated rings. The molecule has 4 aliphatic carbocycles. The zero-order valence-corrected chi connectivity index (χ0v) is 11.8. The van der Waals surface area contributed by atoms with Crippen LogP contribution in [0.25, 0.3) is 0 Å². The van der Waals surface area contributed by atoms with Gasteiger partial charge >= 0.3 is 6.03 Å². The maximum absolute atomic E-state index is 12.2. The molecule has 0 aromatic carbocycles. The molecule has 1 saturated heterocycles. The monoisotopic (exact) mass is 262 g/mol. The Morgan fingerprint density at radius 2 is 1.68 bits per heavy atom. The van der Waals surface area contributed by atoms with Gasteiger partial charge in [0.1, 0.15) is 0 Å². The fraction of sp³-hybridized carbons (Fsp3) is 0.867. The van der Waals surface area contributed by atoms with Gasteiger partial charge in [-0.3, -0.25) is 9.69 Å². The van der Waals surface area contributed by atoms with Gasteiger partial charge in [0.25, 0.3) is 5.91 Å². The largest absolute Gasteiger partial charge is 0.329 e. The number of hydrogen-bond acceptors (Lipinski definition) is 2. The standard InChI is InChI=1S/C15H22N2O2/c1-13-3-10-4-14(2,7-13)9-15(5-10,8-13)17-11(18)6-16-12(17)19/h10H,3-9H2,1-2H3,(H,16,19). The van der Waals surface area contributed by atoms with Crippen molar-refractivity contribution in [2.75, 3.05) is 6.54 Å². The molecule has 19 heavy (non-hydrogen) atoms. The summed E-state index contributed by atoms with van der Waals surface area (Å²) in [6.45, 7) is 4.92. The third-order valence-corrected chi connectivity index (χ3v) is 5.91. The van der Waals surface area contributed by atoms with E-state index >= 15 is 0 Å². The van der Waals surface area contributed by atoms with Crippen LogP contribution in [0.5, 0.6) is 0 Å². The maximum atomic E-state index is 12.2. The van der Waals surface area contributed by atoms with Crippen LogP contribution >= 0.6 is 0 Å². The molecule has 0 radical (unpaired) electrons. The van der Waals surface area contributed by atoms with Crippen LogP contribution in [-0.4, -0.2) is 28.9 Å². The van der Waals surface area contributed by atoms with Crippen LogP contribution in [-0.2, 0) is 4.79 Å². The van der Waals surface area contributed by atoms with E-state index in [1.54, 1.807) is 4.90 Å². The second-order valence-corrected chi connectivity index (χ2v) is 8.24. The summed E-state index contributed by atoms with van der Waals surface area (Å²) >= 11 is 0. The van der Waals surface area contributed by atoms with E-state index < -0.39 is 0 Å². The van der Waals surface area contributed by atoms with Crippen LogP contribution in [0.2, 0.25) is 0 Å². The molecule has 1 heterocycles. The molecule has 5 aliphatic rings. The molecular weight excluding hydrogens is 240 g/mol. The number of imide groups is 1. The first kappa shape index (κ1) is 11.7. The number of hydrogen-bond donors (Lipinski definition) is 1. The van der Waals surface area contributed by atoms with Crippen LogP contribution in [0, 0.1) is 16.7 Å². The van der Waals surface area contributed by atoms with Crippen molar-refractivity contribution in [2.45, 2.75) is 57.9 Å². The average Bonchev–Trinajstić information content (AvgIpc) is 2.53. The molecule has 4 saturated carbocycles. The summed E-state index contributed by atoms with van der Waals surface area (Å²) in [5.41, 5.74) is 0.481. The van der Waals surface area contributed by atoms with Crippen molar-refractivity contribution in [3.8, 4) is 0 Å². The van der Waals surface area contributed by atoms with Gasteiger partial charge in [0.2, 0.25) is 0 Å². The fourth-order valence-corrected chi connectivity index (χ4v) is 6.54. The fourth-order valence-electron chi connectivity index (χ4n) is 6.54. The Labute approximate surface area is 113 Å². The molecule has 104 valence electrons.